The molecule has 1 unspecified atom stereocenters. The molecule has 1 aromatic carbocycles. The first-order valence-electron chi connectivity index (χ1n) is 6.33. The molecule has 0 amide bonds. The predicted octanol–water partition coefficient (Wildman–Crippen LogP) is 3.01. The third-order valence-corrected chi connectivity index (χ3v) is 3.45. The average Bonchev–Trinajstić information content (AvgIpc) is 2.25. The average molecular weight is 270 g/mol. The number of benzene rings is 1. The van der Waals surface area contributed by atoms with Gasteiger partial charge in [0.1, 0.15) is 0 Å². The van der Waals surface area contributed by atoms with Gasteiger partial charge in [0.05, 0.1) is 10.7 Å². The minimum atomic E-state index is 0.434. The van der Waals surface area contributed by atoms with E-state index < -0.39 is 0 Å². The molecule has 0 heterocycles. The van der Waals surface area contributed by atoms with E-state index in [0.29, 0.717) is 16.8 Å². The predicted molar refractivity (Wildman–Crippen MR) is 81.6 cm³/mol. The summed E-state index contributed by atoms with van der Waals surface area (Å²) in [5.41, 5.74) is 8.82. The molecule has 1 atom stereocenters. The first-order chi connectivity index (χ1) is 8.36. The third kappa shape index (κ3) is 3.53. The Morgan fingerprint density at radius 3 is 2.44 bits per heavy atom. The Labute approximate surface area is 116 Å². The summed E-state index contributed by atoms with van der Waals surface area (Å²) in [6.07, 6.45) is 0. The Morgan fingerprint density at radius 2 is 1.94 bits per heavy atom. The van der Waals surface area contributed by atoms with Gasteiger partial charge in [0, 0.05) is 24.8 Å². The Balaban J connectivity index is 3.05. The summed E-state index contributed by atoms with van der Waals surface area (Å²) in [5, 5.41) is 0.631. The molecule has 2 N–H and O–H groups in total. The summed E-state index contributed by atoms with van der Waals surface area (Å²) in [4.78, 5) is 4.56. The van der Waals surface area contributed by atoms with E-state index in [9.17, 15) is 0 Å². The number of halogens is 1. The molecule has 4 heteroatoms. The standard InChI is InChI=1S/C14H24ClN3/c1-6-18(11(3)9-17(4)5)14-8-12(15)13(16)7-10(14)2/h7-8,11H,6,9,16H2,1-5H3. The summed E-state index contributed by atoms with van der Waals surface area (Å²) in [6.45, 7) is 8.43. The number of nitrogens with zero attached hydrogens (tertiary/aromatic N) is 2. The van der Waals surface area contributed by atoms with E-state index in [0.717, 1.165) is 13.1 Å². The molecule has 1 rings (SSSR count). The van der Waals surface area contributed by atoms with E-state index in [4.69, 9.17) is 17.3 Å². The van der Waals surface area contributed by atoms with Crippen molar-refractivity contribution in [1.29, 1.82) is 0 Å². The van der Waals surface area contributed by atoms with Crippen LogP contribution in [0.2, 0.25) is 5.02 Å². The van der Waals surface area contributed by atoms with Crippen LogP contribution >= 0.6 is 11.6 Å². The summed E-state index contributed by atoms with van der Waals surface area (Å²) >= 11 is 6.14. The van der Waals surface area contributed by atoms with Crippen molar-refractivity contribution in [1.82, 2.24) is 4.90 Å². The van der Waals surface area contributed by atoms with Gasteiger partial charge in [0.2, 0.25) is 0 Å². The maximum atomic E-state index is 6.14. The fourth-order valence-corrected chi connectivity index (χ4v) is 2.51. The molecule has 1 aromatic rings. The molecule has 0 bridgehead atoms. The number of rotatable bonds is 5. The van der Waals surface area contributed by atoms with Crippen molar-refractivity contribution in [3.8, 4) is 0 Å². The Bertz CT molecular complexity index is 404. The van der Waals surface area contributed by atoms with E-state index in [1.807, 2.05) is 12.1 Å². The van der Waals surface area contributed by atoms with Crippen molar-refractivity contribution in [2.45, 2.75) is 26.8 Å². The van der Waals surface area contributed by atoms with Gasteiger partial charge in [-0.3, -0.25) is 0 Å². The van der Waals surface area contributed by atoms with Crippen LogP contribution in [-0.4, -0.2) is 38.1 Å². The number of nitrogens with two attached hydrogens (primary N) is 1. The van der Waals surface area contributed by atoms with Crippen LogP contribution in [-0.2, 0) is 0 Å². The lowest BCUT2D eigenvalue weighted by molar-refractivity contribution is 0.373. The van der Waals surface area contributed by atoms with Crippen LogP contribution < -0.4 is 10.6 Å². The zero-order chi connectivity index (χ0) is 13.9. The molecule has 3 nitrogen and oxygen atoms in total. The van der Waals surface area contributed by atoms with Gasteiger partial charge in [-0.05, 0) is 52.6 Å². The second-order valence-corrected chi connectivity index (χ2v) is 5.46. The molecular weight excluding hydrogens is 246 g/mol. The second-order valence-electron chi connectivity index (χ2n) is 5.06. The van der Waals surface area contributed by atoms with E-state index in [1.54, 1.807) is 0 Å². The van der Waals surface area contributed by atoms with Crippen LogP contribution in [0.3, 0.4) is 0 Å². The van der Waals surface area contributed by atoms with Crippen molar-refractivity contribution in [3.63, 3.8) is 0 Å². The summed E-state index contributed by atoms with van der Waals surface area (Å²) in [6, 6.07) is 4.35. The third-order valence-electron chi connectivity index (χ3n) is 3.13. The van der Waals surface area contributed by atoms with Gasteiger partial charge in [0.25, 0.3) is 0 Å². The van der Waals surface area contributed by atoms with Crippen LogP contribution in [0.1, 0.15) is 19.4 Å². The molecule has 0 aliphatic carbocycles. The second kappa shape index (κ2) is 6.30. The molecule has 0 aliphatic heterocycles. The number of nitrogen functional groups attached to an aromatic ring is 1. The largest absolute Gasteiger partial charge is 0.398 e. The maximum Gasteiger partial charge on any atom is 0.0656 e. The van der Waals surface area contributed by atoms with E-state index >= 15 is 0 Å². The van der Waals surface area contributed by atoms with Crippen LogP contribution in [0.5, 0.6) is 0 Å². The fourth-order valence-electron chi connectivity index (χ4n) is 2.35. The fraction of sp³-hybridized carbons (Fsp3) is 0.571. The van der Waals surface area contributed by atoms with E-state index in [2.05, 4.69) is 44.7 Å². The SMILES string of the molecule is CCN(c1cc(Cl)c(N)cc1C)C(C)CN(C)C. The molecule has 0 spiro atoms. The van der Waals surface area contributed by atoms with Gasteiger partial charge in [-0.2, -0.15) is 0 Å². The monoisotopic (exact) mass is 269 g/mol. The number of likely N-dealkylation sites (N-methyl/N-ethyl adjacent to an activating group) is 2. The molecule has 102 valence electrons. The van der Waals surface area contributed by atoms with Crippen LogP contribution in [0.15, 0.2) is 12.1 Å². The number of aryl methyl sites for hydroxylation is 1. The number of hydrogen-bond acceptors (Lipinski definition) is 3. The van der Waals surface area contributed by atoms with Crippen molar-refractivity contribution in [2.24, 2.45) is 0 Å². The normalized spacial score (nSPS) is 12.8. The van der Waals surface area contributed by atoms with Crippen molar-refractivity contribution >= 4 is 23.0 Å². The lowest BCUT2D eigenvalue weighted by atomic mass is 10.1. The molecule has 0 radical (unpaired) electrons. The molecule has 0 aromatic heterocycles. The smallest absolute Gasteiger partial charge is 0.0656 e. The Kier molecular flexibility index (Phi) is 5.29. The molecule has 0 saturated heterocycles. The lowest BCUT2D eigenvalue weighted by Gasteiger charge is -2.33. The first-order valence-corrected chi connectivity index (χ1v) is 6.71. The van der Waals surface area contributed by atoms with Crippen molar-refractivity contribution in [2.75, 3.05) is 37.8 Å². The zero-order valence-electron chi connectivity index (χ0n) is 12.0. The quantitative estimate of drug-likeness (QED) is 0.834. The maximum absolute atomic E-state index is 6.14. The van der Waals surface area contributed by atoms with Crippen molar-refractivity contribution < 1.29 is 0 Å². The summed E-state index contributed by atoms with van der Waals surface area (Å²) < 4.78 is 0. The number of anilines is 2. The van der Waals surface area contributed by atoms with Crippen molar-refractivity contribution in [3.05, 3.63) is 22.7 Å². The highest BCUT2D eigenvalue weighted by Gasteiger charge is 2.16. The van der Waals surface area contributed by atoms with Gasteiger partial charge >= 0.3 is 0 Å². The Hall–Kier alpha value is -0.930. The van der Waals surface area contributed by atoms with Gasteiger partial charge < -0.3 is 15.5 Å². The summed E-state index contributed by atoms with van der Waals surface area (Å²) in [7, 11) is 4.18. The molecule has 0 saturated carbocycles. The van der Waals surface area contributed by atoms with Crippen LogP contribution in [0.4, 0.5) is 11.4 Å². The minimum Gasteiger partial charge on any atom is -0.398 e. The van der Waals surface area contributed by atoms with Gasteiger partial charge in [-0.25, -0.2) is 0 Å². The van der Waals surface area contributed by atoms with Gasteiger partial charge in [0.15, 0.2) is 0 Å². The Morgan fingerprint density at radius 1 is 1.33 bits per heavy atom. The van der Waals surface area contributed by atoms with Gasteiger partial charge in [-0.1, -0.05) is 11.6 Å². The highest BCUT2D eigenvalue weighted by molar-refractivity contribution is 6.33. The number of hydrogen-bond donors (Lipinski definition) is 1. The molecule has 18 heavy (non-hydrogen) atoms. The summed E-state index contributed by atoms with van der Waals surface area (Å²) in [5.74, 6) is 0. The van der Waals surface area contributed by atoms with Crippen LogP contribution in [0, 0.1) is 6.92 Å². The zero-order valence-corrected chi connectivity index (χ0v) is 12.8. The van der Waals surface area contributed by atoms with Crippen LogP contribution in [0.25, 0.3) is 0 Å². The molecule has 0 aliphatic rings. The van der Waals surface area contributed by atoms with Gasteiger partial charge in [-0.15, -0.1) is 0 Å². The topological polar surface area (TPSA) is 32.5 Å². The lowest BCUT2D eigenvalue weighted by Crippen LogP contribution is -2.40. The minimum absolute atomic E-state index is 0.434. The van der Waals surface area contributed by atoms with E-state index in [1.165, 1.54) is 11.3 Å². The molecular formula is C14H24ClN3. The highest BCUT2D eigenvalue weighted by Crippen LogP contribution is 2.30. The van der Waals surface area contributed by atoms with E-state index in [-0.39, 0.29) is 0 Å². The molecule has 0 fully saturated rings. The highest BCUT2D eigenvalue weighted by atomic mass is 35.5. The first kappa shape index (κ1) is 15.1.